The van der Waals surface area contributed by atoms with Crippen LogP contribution in [0.2, 0.25) is 0 Å². The molecule has 174 valence electrons. The van der Waals surface area contributed by atoms with E-state index in [0.717, 1.165) is 24.5 Å². The van der Waals surface area contributed by atoms with Crippen LogP contribution in [-0.2, 0) is 16.6 Å². The number of piperazine rings is 1. The Morgan fingerprint density at radius 1 is 1.00 bits per heavy atom. The monoisotopic (exact) mass is 460 g/mol. The molecule has 1 fully saturated rings. The highest BCUT2D eigenvalue weighted by Crippen LogP contribution is 2.25. The summed E-state index contributed by atoms with van der Waals surface area (Å²) in [6.45, 7) is 10.4. The van der Waals surface area contributed by atoms with Crippen LogP contribution in [0.25, 0.3) is 11.4 Å². The molecule has 3 rings (SSSR count). The quantitative estimate of drug-likeness (QED) is 0.560. The third kappa shape index (κ3) is 5.53. The van der Waals surface area contributed by atoms with Crippen molar-refractivity contribution in [1.82, 2.24) is 24.6 Å². The number of hydrogen-bond acceptors (Lipinski definition) is 7. The van der Waals surface area contributed by atoms with Crippen molar-refractivity contribution in [1.29, 1.82) is 0 Å². The molecule has 0 spiro atoms. The molecule has 0 saturated carbocycles. The summed E-state index contributed by atoms with van der Waals surface area (Å²) in [6, 6.07) is 8.31. The van der Waals surface area contributed by atoms with Crippen LogP contribution in [0.4, 0.5) is 10.5 Å². The molecule has 32 heavy (non-hydrogen) atoms. The van der Waals surface area contributed by atoms with Crippen LogP contribution in [-0.4, -0.2) is 88.2 Å². The van der Waals surface area contributed by atoms with Crippen molar-refractivity contribution in [3.8, 4) is 11.4 Å². The minimum atomic E-state index is -0.314. The Balaban J connectivity index is 1.55. The van der Waals surface area contributed by atoms with E-state index in [0.29, 0.717) is 37.9 Å². The SMILES string of the molecule is CCOC(=O)N1CCN(C(=O)CSc2nnc(-c3ccc(N(CC)CC)cc3)n2C)CC1. The lowest BCUT2D eigenvalue weighted by Crippen LogP contribution is -2.51. The average molecular weight is 461 g/mol. The number of carbonyl (C=O) groups is 2. The Labute approximate surface area is 193 Å². The van der Waals surface area contributed by atoms with Crippen molar-refractivity contribution in [2.24, 2.45) is 7.05 Å². The molecule has 0 unspecified atom stereocenters. The molecule has 0 bridgehead atoms. The smallest absolute Gasteiger partial charge is 0.409 e. The fraction of sp³-hybridized carbons (Fsp3) is 0.545. The molecule has 1 aromatic carbocycles. The van der Waals surface area contributed by atoms with Crippen LogP contribution < -0.4 is 4.90 Å². The van der Waals surface area contributed by atoms with Gasteiger partial charge in [0.15, 0.2) is 11.0 Å². The molecule has 1 aromatic heterocycles. The summed E-state index contributed by atoms with van der Waals surface area (Å²) in [4.78, 5) is 30.1. The number of amides is 2. The van der Waals surface area contributed by atoms with Crippen molar-refractivity contribution in [3.05, 3.63) is 24.3 Å². The molecule has 1 aliphatic rings. The van der Waals surface area contributed by atoms with Crippen molar-refractivity contribution < 1.29 is 14.3 Å². The maximum absolute atomic E-state index is 12.6. The first kappa shape index (κ1) is 23.9. The van der Waals surface area contributed by atoms with Gasteiger partial charge >= 0.3 is 6.09 Å². The molecular weight excluding hydrogens is 428 g/mol. The molecule has 9 nitrogen and oxygen atoms in total. The van der Waals surface area contributed by atoms with Gasteiger partial charge in [0.1, 0.15) is 0 Å². The Morgan fingerprint density at radius 2 is 1.62 bits per heavy atom. The Hall–Kier alpha value is -2.75. The van der Waals surface area contributed by atoms with E-state index in [-0.39, 0.29) is 17.8 Å². The number of nitrogens with zero attached hydrogens (tertiary/aromatic N) is 6. The Morgan fingerprint density at radius 3 is 2.22 bits per heavy atom. The van der Waals surface area contributed by atoms with Gasteiger partial charge in [-0.1, -0.05) is 11.8 Å². The summed E-state index contributed by atoms with van der Waals surface area (Å²) in [5, 5.41) is 9.31. The zero-order valence-corrected chi connectivity index (χ0v) is 20.1. The van der Waals surface area contributed by atoms with Gasteiger partial charge in [-0.05, 0) is 45.0 Å². The van der Waals surface area contributed by atoms with Gasteiger partial charge in [0.25, 0.3) is 0 Å². The topological polar surface area (TPSA) is 83.8 Å². The molecule has 0 atom stereocenters. The van der Waals surface area contributed by atoms with Gasteiger partial charge in [-0.15, -0.1) is 10.2 Å². The minimum absolute atomic E-state index is 0.0339. The predicted octanol–water partition coefficient (Wildman–Crippen LogP) is 2.72. The molecule has 2 aromatic rings. The van der Waals surface area contributed by atoms with E-state index in [1.54, 1.807) is 16.7 Å². The summed E-state index contributed by atoms with van der Waals surface area (Å²) < 4.78 is 6.94. The number of ether oxygens (including phenoxy) is 1. The maximum Gasteiger partial charge on any atom is 0.409 e. The van der Waals surface area contributed by atoms with Crippen molar-refractivity contribution in [2.45, 2.75) is 25.9 Å². The lowest BCUT2D eigenvalue weighted by Gasteiger charge is -2.34. The van der Waals surface area contributed by atoms with Crippen molar-refractivity contribution >= 4 is 29.4 Å². The first-order valence-corrected chi connectivity index (χ1v) is 12.0. The zero-order valence-electron chi connectivity index (χ0n) is 19.3. The van der Waals surface area contributed by atoms with Gasteiger partial charge < -0.3 is 24.0 Å². The van der Waals surface area contributed by atoms with Crippen LogP contribution in [0.3, 0.4) is 0 Å². The van der Waals surface area contributed by atoms with E-state index in [4.69, 9.17) is 4.74 Å². The molecule has 0 aliphatic carbocycles. The number of rotatable bonds is 8. The molecule has 0 radical (unpaired) electrons. The van der Waals surface area contributed by atoms with Gasteiger partial charge in [0.05, 0.1) is 12.4 Å². The van der Waals surface area contributed by atoms with Crippen molar-refractivity contribution in [3.63, 3.8) is 0 Å². The van der Waals surface area contributed by atoms with Crippen LogP contribution >= 0.6 is 11.8 Å². The average Bonchev–Trinajstić information content (AvgIpc) is 3.19. The molecule has 10 heteroatoms. The maximum atomic E-state index is 12.6. The second kappa shape index (κ2) is 11.2. The summed E-state index contributed by atoms with van der Waals surface area (Å²) in [7, 11) is 1.92. The number of carbonyl (C=O) groups excluding carboxylic acids is 2. The Bertz CT molecular complexity index is 905. The first-order chi connectivity index (χ1) is 15.5. The number of hydrogen-bond donors (Lipinski definition) is 0. The summed E-state index contributed by atoms with van der Waals surface area (Å²) >= 11 is 1.38. The lowest BCUT2D eigenvalue weighted by atomic mass is 10.2. The van der Waals surface area contributed by atoms with Crippen molar-refractivity contribution in [2.75, 3.05) is 56.5 Å². The highest BCUT2D eigenvalue weighted by Gasteiger charge is 2.25. The predicted molar refractivity (Wildman–Crippen MR) is 126 cm³/mol. The summed E-state index contributed by atoms with van der Waals surface area (Å²) in [5.74, 6) is 1.09. The van der Waals surface area contributed by atoms with Crippen LogP contribution in [0.5, 0.6) is 0 Å². The minimum Gasteiger partial charge on any atom is -0.450 e. The third-order valence-electron chi connectivity index (χ3n) is 5.57. The van der Waals surface area contributed by atoms with E-state index in [9.17, 15) is 9.59 Å². The molecule has 1 saturated heterocycles. The zero-order chi connectivity index (χ0) is 23.1. The van der Waals surface area contributed by atoms with Gasteiger partial charge in [0.2, 0.25) is 5.91 Å². The fourth-order valence-electron chi connectivity index (χ4n) is 3.67. The van der Waals surface area contributed by atoms with Gasteiger partial charge in [-0.2, -0.15) is 0 Å². The molecule has 2 heterocycles. The Kier molecular flexibility index (Phi) is 8.38. The highest BCUT2D eigenvalue weighted by atomic mass is 32.2. The third-order valence-corrected chi connectivity index (χ3v) is 6.58. The second-order valence-electron chi connectivity index (χ2n) is 7.44. The summed E-state index contributed by atoms with van der Waals surface area (Å²) in [6.07, 6.45) is -0.314. The number of aromatic nitrogens is 3. The van der Waals surface area contributed by atoms with Gasteiger partial charge in [-0.25, -0.2) is 4.79 Å². The molecular formula is C22H32N6O3S. The molecule has 2 amide bonds. The second-order valence-corrected chi connectivity index (χ2v) is 8.38. The lowest BCUT2D eigenvalue weighted by molar-refractivity contribution is -0.129. The van der Waals surface area contributed by atoms with Crippen LogP contribution in [0.15, 0.2) is 29.4 Å². The summed E-state index contributed by atoms with van der Waals surface area (Å²) in [5.41, 5.74) is 2.17. The fourth-order valence-corrected chi connectivity index (χ4v) is 4.49. The van der Waals surface area contributed by atoms with E-state index in [1.165, 1.54) is 17.4 Å². The van der Waals surface area contributed by atoms with Crippen LogP contribution in [0, 0.1) is 0 Å². The van der Waals surface area contributed by atoms with E-state index < -0.39 is 0 Å². The standard InChI is InChI=1S/C22H32N6O3S/c1-5-26(6-2)18-10-8-17(9-11-18)20-23-24-21(25(20)4)32-16-19(29)27-12-14-28(15-13-27)22(30)31-7-3/h8-11H,5-7,12-16H2,1-4H3. The number of anilines is 1. The van der Waals surface area contributed by atoms with Gasteiger partial charge in [-0.3, -0.25) is 4.79 Å². The molecule has 1 aliphatic heterocycles. The van der Waals surface area contributed by atoms with E-state index in [2.05, 4.69) is 53.2 Å². The normalized spacial score (nSPS) is 13.9. The van der Waals surface area contributed by atoms with E-state index in [1.807, 2.05) is 11.6 Å². The van der Waals surface area contributed by atoms with Gasteiger partial charge in [0, 0.05) is 57.6 Å². The van der Waals surface area contributed by atoms with Crippen LogP contribution in [0.1, 0.15) is 20.8 Å². The number of benzene rings is 1. The van der Waals surface area contributed by atoms with E-state index >= 15 is 0 Å². The molecule has 0 N–H and O–H groups in total. The highest BCUT2D eigenvalue weighted by molar-refractivity contribution is 7.99. The first-order valence-electron chi connectivity index (χ1n) is 11.0. The largest absolute Gasteiger partial charge is 0.450 e. The number of thioether (sulfide) groups is 1.